The largest absolute Gasteiger partial charge is 0.469 e. The van der Waals surface area contributed by atoms with Gasteiger partial charge in [-0.1, -0.05) is 63.9 Å². The summed E-state index contributed by atoms with van der Waals surface area (Å²) in [5.74, 6) is -0.102. The summed E-state index contributed by atoms with van der Waals surface area (Å²) in [5, 5.41) is 0. The lowest BCUT2D eigenvalue weighted by molar-refractivity contribution is -0.140. The quantitative estimate of drug-likeness (QED) is 0.520. The van der Waals surface area contributed by atoms with Crippen molar-refractivity contribution < 1.29 is 9.53 Å². The van der Waals surface area contributed by atoms with E-state index in [1.165, 1.54) is 18.2 Å². The third-order valence-electron chi connectivity index (χ3n) is 2.69. The van der Waals surface area contributed by atoms with Crippen LogP contribution in [0.5, 0.6) is 0 Å². The van der Waals surface area contributed by atoms with E-state index in [0.29, 0.717) is 6.42 Å². The van der Waals surface area contributed by atoms with Crippen LogP contribution >= 0.6 is 0 Å². The lowest BCUT2D eigenvalue weighted by Crippen LogP contribution is -1.99. The summed E-state index contributed by atoms with van der Waals surface area (Å²) in [5.41, 5.74) is 2.68. The molecule has 0 bridgehead atoms. The fourth-order valence-corrected chi connectivity index (χ4v) is 1.63. The number of carbonyl (C=O) groups excluding carboxylic acids is 1. The second-order valence-electron chi connectivity index (χ2n) is 4.12. The molecule has 0 aliphatic carbocycles. The Morgan fingerprint density at radius 1 is 0.950 bits per heavy atom. The Labute approximate surface area is 125 Å². The van der Waals surface area contributed by atoms with Crippen LogP contribution in [0.2, 0.25) is 0 Å². The Bertz CT molecular complexity index is 315. The highest BCUT2D eigenvalue weighted by Crippen LogP contribution is 2.09. The van der Waals surface area contributed by atoms with Crippen LogP contribution in [0.4, 0.5) is 0 Å². The molecule has 0 unspecified atom stereocenters. The van der Waals surface area contributed by atoms with Gasteiger partial charge >= 0.3 is 5.97 Å². The first kappa shape index (κ1) is 21.0. The van der Waals surface area contributed by atoms with E-state index >= 15 is 0 Å². The third-order valence-corrected chi connectivity index (χ3v) is 2.69. The molecule has 0 heterocycles. The number of unbranched alkanes of at least 4 members (excludes halogenated alkanes) is 2. The van der Waals surface area contributed by atoms with Crippen LogP contribution in [0, 0.1) is 6.92 Å². The molecule has 0 radical (unpaired) electrons. The van der Waals surface area contributed by atoms with E-state index in [-0.39, 0.29) is 5.97 Å². The fraction of sp³-hybridized carbons (Fsp3) is 0.611. The lowest BCUT2D eigenvalue weighted by atomic mass is 10.1. The summed E-state index contributed by atoms with van der Waals surface area (Å²) >= 11 is 0. The van der Waals surface area contributed by atoms with Crippen LogP contribution in [0.15, 0.2) is 24.3 Å². The maximum Gasteiger partial charge on any atom is 0.305 e. The van der Waals surface area contributed by atoms with Crippen molar-refractivity contribution in [3.05, 3.63) is 35.4 Å². The maximum absolute atomic E-state index is 10.9. The zero-order valence-electron chi connectivity index (χ0n) is 14.2. The standard InChI is InChI=1S/C14H20O2.2C2H6/c1-12-8-10-13(11-9-12)6-4-3-5-7-14(15)16-2;2*1-2/h8-11H,3-7H2,1-2H3;2*1-2H3. The van der Waals surface area contributed by atoms with Gasteiger partial charge in [-0.25, -0.2) is 0 Å². The first-order valence-electron chi connectivity index (χ1n) is 7.84. The Balaban J connectivity index is 0. The van der Waals surface area contributed by atoms with Gasteiger partial charge in [0.2, 0.25) is 0 Å². The molecule has 2 heteroatoms. The summed E-state index contributed by atoms with van der Waals surface area (Å²) in [6.45, 7) is 10.1. The van der Waals surface area contributed by atoms with E-state index in [1.54, 1.807) is 0 Å². The van der Waals surface area contributed by atoms with Gasteiger partial charge < -0.3 is 4.74 Å². The Morgan fingerprint density at radius 2 is 1.50 bits per heavy atom. The van der Waals surface area contributed by atoms with E-state index < -0.39 is 0 Å². The van der Waals surface area contributed by atoms with Crippen molar-refractivity contribution in [2.45, 2.75) is 66.7 Å². The molecule has 0 amide bonds. The summed E-state index contributed by atoms with van der Waals surface area (Å²) in [6.07, 6.45) is 4.80. The maximum atomic E-state index is 10.9. The molecule has 0 atom stereocenters. The van der Waals surface area contributed by atoms with Crippen LogP contribution in [-0.4, -0.2) is 13.1 Å². The number of hydrogen-bond acceptors (Lipinski definition) is 2. The smallest absolute Gasteiger partial charge is 0.305 e. The number of ether oxygens (including phenoxy) is 1. The Kier molecular flexibility index (Phi) is 16.5. The third kappa shape index (κ3) is 11.8. The van der Waals surface area contributed by atoms with Gasteiger partial charge in [0.1, 0.15) is 0 Å². The van der Waals surface area contributed by atoms with Crippen molar-refractivity contribution in [3.63, 3.8) is 0 Å². The molecule has 0 aliphatic rings. The van der Waals surface area contributed by atoms with Gasteiger partial charge in [0.05, 0.1) is 7.11 Å². The van der Waals surface area contributed by atoms with Crippen LogP contribution in [0.25, 0.3) is 0 Å². The van der Waals surface area contributed by atoms with Gasteiger partial charge in [0.25, 0.3) is 0 Å². The van der Waals surface area contributed by atoms with Crippen molar-refractivity contribution in [3.8, 4) is 0 Å². The minimum Gasteiger partial charge on any atom is -0.469 e. The number of hydrogen-bond donors (Lipinski definition) is 0. The van der Waals surface area contributed by atoms with Gasteiger partial charge in [-0.15, -0.1) is 0 Å². The van der Waals surface area contributed by atoms with E-state index in [0.717, 1.165) is 25.7 Å². The summed E-state index contributed by atoms with van der Waals surface area (Å²) in [6, 6.07) is 8.64. The number of methoxy groups -OCH3 is 1. The molecule has 0 saturated carbocycles. The summed E-state index contributed by atoms with van der Waals surface area (Å²) in [4.78, 5) is 10.9. The van der Waals surface area contributed by atoms with Crippen molar-refractivity contribution in [2.75, 3.05) is 7.11 Å². The van der Waals surface area contributed by atoms with Gasteiger partial charge in [0.15, 0.2) is 0 Å². The van der Waals surface area contributed by atoms with Crippen molar-refractivity contribution >= 4 is 5.97 Å². The topological polar surface area (TPSA) is 26.3 Å². The molecule has 1 aromatic carbocycles. The minimum absolute atomic E-state index is 0.102. The second kappa shape index (κ2) is 15.7. The first-order chi connectivity index (χ1) is 9.72. The molecule has 0 N–H and O–H groups in total. The monoisotopic (exact) mass is 280 g/mol. The van der Waals surface area contributed by atoms with Gasteiger partial charge in [0, 0.05) is 6.42 Å². The lowest BCUT2D eigenvalue weighted by Gasteiger charge is -2.02. The van der Waals surface area contributed by atoms with Crippen molar-refractivity contribution in [1.29, 1.82) is 0 Å². The number of aryl methyl sites for hydroxylation is 2. The van der Waals surface area contributed by atoms with Gasteiger partial charge in [-0.2, -0.15) is 0 Å². The molecular weight excluding hydrogens is 248 g/mol. The zero-order chi connectivity index (χ0) is 15.8. The normalized spacial score (nSPS) is 8.70. The van der Waals surface area contributed by atoms with E-state index in [2.05, 4.69) is 35.9 Å². The number of benzene rings is 1. The molecule has 0 saturated heterocycles. The highest BCUT2D eigenvalue weighted by Gasteiger charge is 1.99. The first-order valence-corrected chi connectivity index (χ1v) is 7.84. The summed E-state index contributed by atoms with van der Waals surface area (Å²) in [7, 11) is 1.44. The highest BCUT2D eigenvalue weighted by molar-refractivity contribution is 5.68. The molecule has 0 fully saturated rings. The van der Waals surface area contributed by atoms with Crippen LogP contribution in [-0.2, 0) is 16.0 Å². The van der Waals surface area contributed by atoms with E-state index in [9.17, 15) is 4.79 Å². The molecule has 1 aromatic rings. The molecule has 116 valence electrons. The predicted molar refractivity (Wildman–Crippen MR) is 88.1 cm³/mol. The molecule has 20 heavy (non-hydrogen) atoms. The number of carbonyl (C=O) groups is 1. The van der Waals surface area contributed by atoms with Crippen molar-refractivity contribution in [2.24, 2.45) is 0 Å². The average Bonchev–Trinajstić information content (AvgIpc) is 2.52. The van der Waals surface area contributed by atoms with Gasteiger partial charge in [-0.05, 0) is 31.7 Å². The van der Waals surface area contributed by atoms with E-state index in [4.69, 9.17) is 0 Å². The van der Waals surface area contributed by atoms with E-state index in [1.807, 2.05) is 27.7 Å². The number of rotatable bonds is 6. The van der Waals surface area contributed by atoms with Gasteiger partial charge in [-0.3, -0.25) is 4.79 Å². The average molecular weight is 280 g/mol. The second-order valence-corrected chi connectivity index (χ2v) is 4.12. The van der Waals surface area contributed by atoms with Crippen LogP contribution in [0.1, 0.15) is 64.5 Å². The van der Waals surface area contributed by atoms with Crippen molar-refractivity contribution in [1.82, 2.24) is 0 Å². The molecule has 2 nitrogen and oxygen atoms in total. The predicted octanol–water partition coefficient (Wildman–Crippen LogP) is 5.32. The highest BCUT2D eigenvalue weighted by atomic mass is 16.5. The zero-order valence-corrected chi connectivity index (χ0v) is 14.2. The minimum atomic E-state index is -0.102. The molecular formula is C18H32O2. The Hall–Kier alpha value is -1.31. The fourth-order valence-electron chi connectivity index (χ4n) is 1.63. The number of esters is 1. The molecule has 0 spiro atoms. The molecule has 0 aromatic heterocycles. The summed E-state index contributed by atoms with van der Waals surface area (Å²) < 4.78 is 4.59. The van der Waals surface area contributed by atoms with Crippen LogP contribution in [0.3, 0.4) is 0 Å². The van der Waals surface area contributed by atoms with Crippen LogP contribution < -0.4 is 0 Å². The molecule has 1 rings (SSSR count). The SMILES string of the molecule is CC.CC.COC(=O)CCCCCc1ccc(C)cc1. The Morgan fingerprint density at radius 3 is 2.00 bits per heavy atom. The molecule has 0 aliphatic heterocycles.